The standard InChI is InChI=1S/C8H7BrO2S/c9-5-3-6(8(10)11)12-7(5)4-1-2-4/h3-4H,1-2H2,(H,10,11). The summed E-state index contributed by atoms with van der Waals surface area (Å²) in [4.78, 5) is 12.2. The van der Waals surface area contributed by atoms with Gasteiger partial charge in [-0.05, 0) is 40.8 Å². The van der Waals surface area contributed by atoms with Crippen molar-refractivity contribution in [3.63, 3.8) is 0 Å². The Morgan fingerprint density at radius 2 is 2.33 bits per heavy atom. The molecule has 1 fully saturated rings. The highest BCUT2D eigenvalue weighted by Crippen LogP contribution is 2.47. The van der Waals surface area contributed by atoms with E-state index in [9.17, 15) is 4.79 Å². The van der Waals surface area contributed by atoms with Crippen LogP contribution in [0.25, 0.3) is 0 Å². The summed E-state index contributed by atoms with van der Waals surface area (Å²) in [5, 5.41) is 8.71. The summed E-state index contributed by atoms with van der Waals surface area (Å²) in [6, 6.07) is 1.70. The topological polar surface area (TPSA) is 37.3 Å². The van der Waals surface area contributed by atoms with Gasteiger partial charge in [0.2, 0.25) is 0 Å². The molecule has 1 N–H and O–H groups in total. The van der Waals surface area contributed by atoms with E-state index in [1.807, 2.05) is 0 Å². The molecular weight excluding hydrogens is 240 g/mol. The lowest BCUT2D eigenvalue weighted by atomic mass is 10.3. The smallest absolute Gasteiger partial charge is 0.345 e. The third-order valence-corrected chi connectivity index (χ3v) is 4.08. The molecule has 0 atom stereocenters. The van der Waals surface area contributed by atoms with Crippen LogP contribution in [0.4, 0.5) is 0 Å². The molecule has 1 aromatic rings. The molecule has 0 unspecified atom stereocenters. The predicted molar refractivity (Wildman–Crippen MR) is 51.0 cm³/mol. The van der Waals surface area contributed by atoms with Crippen LogP contribution in [-0.2, 0) is 0 Å². The molecular formula is C8H7BrO2S. The number of hydrogen-bond donors (Lipinski definition) is 1. The second-order valence-corrected chi connectivity index (χ2v) is 4.84. The minimum absolute atomic E-state index is 0.434. The van der Waals surface area contributed by atoms with Gasteiger partial charge >= 0.3 is 5.97 Å². The fraction of sp³-hybridized carbons (Fsp3) is 0.375. The van der Waals surface area contributed by atoms with Crippen molar-refractivity contribution in [3.05, 3.63) is 20.3 Å². The molecule has 2 rings (SSSR count). The molecule has 4 heteroatoms. The van der Waals surface area contributed by atoms with E-state index in [-0.39, 0.29) is 0 Å². The summed E-state index contributed by atoms with van der Waals surface area (Å²) in [5.41, 5.74) is 0. The Balaban J connectivity index is 2.36. The molecule has 1 aromatic heterocycles. The van der Waals surface area contributed by atoms with Crippen molar-refractivity contribution in [2.24, 2.45) is 0 Å². The average molecular weight is 247 g/mol. The zero-order chi connectivity index (χ0) is 8.72. The lowest BCUT2D eigenvalue weighted by Gasteiger charge is -1.89. The third kappa shape index (κ3) is 1.41. The van der Waals surface area contributed by atoms with Crippen molar-refractivity contribution < 1.29 is 9.90 Å². The van der Waals surface area contributed by atoms with E-state index in [4.69, 9.17) is 5.11 Å². The van der Waals surface area contributed by atoms with Gasteiger partial charge in [0.25, 0.3) is 0 Å². The maximum Gasteiger partial charge on any atom is 0.345 e. The van der Waals surface area contributed by atoms with Crippen LogP contribution in [-0.4, -0.2) is 11.1 Å². The summed E-state index contributed by atoms with van der Waals surface area (Å²) in [6.45, 7) is 0. The van der Waals surface area contributed by atoms with Crippen LogP contribution in [0, 0.1) is 0 Å². The van der Waals surface area contributed by atoms with Gasteiger partial charge < -0.3 is 5.11 Å². The first-order valence-corrected chi connectivity index (χ1v) is 5.32. The number of rotatable bonds is 2. The van der Waals surface area contributed by atoms with Gasteiger partial charge in [0.15, 0.2) is 0 Å². The average Bonchev–Trinajstić information content (AvgIpc) is 2.75. The summed E-state index contributed by atoms with van der Waals surface area (Å²) < 4.78 is 0.965. The lowest BCUT2D eigenvalue weighted by molar-refractivity contribution is 0.0702. The van der Waals surface area contributed by atoms with E-state index >= 15 is 0 Å². The van der Waals surface area contributed by atoms with Crippen molar-refractivity contribution in [1.82, 2.24) is 0 Å². The normalized spacial score (nSPS) is 16.4. The number of carboxylic acids is 1. The molecule has 0 radical (unpaired) electrons. The van der Waals surface area contributed by atoms with Gasteiger partial charge in [-0.25, -0.2) is 4.79 Å². The molecule has 64 valence electrons. The maximum absolute atomic E-state index is 10.6. The first-order valence-electron chi connectivity index (χ1n) is 3.71. The van der Waals surface area contributed by atoms with Crippen molar-refractivity contribution in [3.8, 4) is 0 Å². The van der Waals surface area contributed by atoms with Gasteiger partial charge in [0, 0.05) is 9.35 Å². The predicted octanol–water partition coefficient (Wildman–Crippen LogP) is 3.09. The SMILES string of the molecule is O=C(O)c1cc(Br)c(C2CC2)s1. The van der Waals surface area contributed by atoms with E-state index in [1.165, 1.54) is 29.1 Å². The number of thiophene rings is 1. The number of carbonyl (C=O) groups is 1. The molecule has 1 heterocycles. The van der Waals surface area contributed by atoms with Gasteiger partial charge in [-0.1, -0.05) is 0 Å². The summed E-state index contributed by atoms with van der Waals surface area (Å²) in [5.74, 6) is -0.204. The van der Waals surface area contributed by atoms with Crippen LogP contribution in [0.2, 0.25) is 0 Å². The Hall–Kier alpha value is -0.350. The molecule has 1 saturated carbocycles. The Bertz CT molecular complexity index is 328. The highest BCUT2D eigenvalue weighted by molar-refractivity contribution is 9.10. The second kappa shape index (κ2) is 2.85. The quantitative estimate of drug-likeness (QED) is 0.871. The fourth-order valence-corrected chi connectivity index (χ4v) is 3.12. The largest absolute Gasteiger partial charge is 0.477 e. The zero-order valence-electron chi connectivity index (χ0n) is 6.21. The molecule has 1 aliphatic rings. The maximum atomic E-state index is 10.6. The Morgan fingerprint density at radius 3 is 2.75 bits per heavy atom. The van der Waals surface area contributed by atoms with Gasteiger partial charge in [0.05, 0.1) is 0 Å². The molecule has 1 aliphatic carbocycles. The van der Waals surface area contributed by atoms with E-state index in [0.29, 0.717) is 10.8 Å². The van der Waals surface area contributed by atoms with Crippen LogP contribution in [0.15, 0.2) is 10.5 Å². The van der Waals surface area contributed by atoms with Crippen LogP contribution in [0.5, 0.6) is 0 Å². The third-order valence-electron chi connectivity index (χ3n) is 1.87. The van der Waals surface area contributed by atoms with E-state index in [2.05, 4.69) is 15.9 Å². The van der Waals surface area contributed by atoms with Crippen LogP contribution in [0.3, 0.4) is 0 Å². The number of hydrogen-bond acceptors (Lipinski definition) is 2. The van der Waals surface area contributed by atoms with Crippen molar-refractivity contribution >= 4 is 33.2 Å². The van der Waals surface area contributed by atoms with E-state index in [1.54, 1.807) is 6.07 Å². The summed E-state index contributed by atoms with van der Waals surface area (Å²) >= 11 is 4.76. The molecule has 0 saturated heterocycles. The molecule has 0 spiro atoms. The second-order valence-electron chi connectivity index (χ2n) is 2.90. The van der Waals surface area contributed by atoms with Gasteiger partial charge in [-0.2, -0.15) is 0 Å². The van der Waals surface area contributed by atoms with E-state index < -0.39 is 5.97 Å². The lowest BCUT2D eigenvalue weighted by Crippen LogP contribution is -1.89. The first kappa shape index (κ1) is 8.26. The molecule has 0 aromatic carbocycles. The Morgan fingerprint density at radius 1 is 1.67 bits per heavy atom. The minimum Gasteiger partial charge on any atom is -0.477 e. The van der Waals surface area contributed by atoms with Gasteiger partial charge in [0.1, 0.15) is 4.88 Å². The van der Waals surface area contributed by atoms with E-state index in [0.717, 1.165) is 4.47 Å². The number of halogens is 1. The number of carboxylic acid groups (broad SMARTS) is 1. The monoisotopic (exact) mass is 246 g/mol. The highest BCUT2D eigenvalue weighted by atomic mass is 79.9. The Labute approximate surface area is 82.3 Å². The number of aromatic carboxylic acids is 1. The van der Waals surface area contributed by atoms with Crippen LogP contribution >= 0.6 is 27.3 Å². The molecule has 2 nitrogen and oxygen atoms in total. The molecule has 0 amide bonds. The fourth-order valence-electron chi connectivity index (χ4n) is 1.11. The van der Waals surface area contributed by atoms with Gasteiger partial charge in [-0.3, -0.25) is 0 Å². The summed E-state index contributed by atoms with van der Waals surface area (Å²) in [6.07, 6.45) is 2.41. The first-order chi connectivity index (χ1) is 5.68. The zero-order valence-corrected chi connectivity index (χ0v) is 8.61. The molecule has 12 heavy (non-hydrogen) atoms. The highest BCUT2D eigenvalue weighted by Gasteiger charge is 2.28. The summed E-state index contributed by atoms with van der Waals surface area (Å²) in [7, 11) is 0. The van der Waals surface area contributed by atoms with Crippen molar-refractivity contribution in [2.45, 2.75) is 18.8 Å². The van der Waals surface area contributed by atoms with Crippen molar-refractivity contribution in [1.29, 1.82) is 0 Å². The molecule has 0 aliphatic heterocycles. The molecule has 0 bridgehead atoms. The van der Waals surface area contributed by atoms with Crippen LogP contribution < -0.4 is 0 Å². The minimum atomic E-state index is -0.826. The van der Waals surface area contributed by atoms with Gasteiger partial charge in [-0.15, -0.1) is 11.3 Å². The van der Waals surface area contributed by atoms with Crippen LogP contribution in [0.1, 0.15) is 33.3 Å². The Kier molecular flexibility index (Phi) is 1.96. The van der Waals surface area contributed by atoms with Crippen molar-refractivity contribution in [2.75, 3.05) is 0 Å².